The summed E-state index contributed by atoms with van der Waals surface area (Å²) >= 11 is 0. The van der Waals surface area contributed by atoms with Gasteiger partial charge in [-0.25, -0.2) is 0 Å². The molecular weight excluding hydrogens is 454 g/mol. The topological polar surface area (TPSA) is 93.8 Å². The molecule has 0 aromatic heterocycles. The van der Waals surface area contributed by atoms with Crippen LogP contribution in [0.1, 0.15) is 81.6 Å². The van der Waals surface area contributed by atoms with Gasteiger partial charge in [-0.05, 0) is 76.2 Å². The van der Waals surface area contributed by atoms with Crippen LogP contribution in [0.3, 0.4) is 0 Å². The number of anilines is 1. The first-order valence-electron chi connectivity index (χ1n) is 13.9. The van der Waals surface area contributed by atoms with Gasteiger partial charge >= 0.3 is 0 Å². The number of piperidine rings is 1. The monoisotopic (exact) mass is 497 g/mol. The summed E-state index contributed by atoms with van der Waals surface area (Å²) in [5.74, 6) is -0.0623. The highest BCUT2D eigenvalue weighted by Crippen LogP contribution is 2.37. The fourth-order valence-electron chi connectivity index (χ4n) is 5.88. The summed E-state index contributed by atoms with van der Waals surface area (Å²) in [6.07, 6.45) is 6.28. The third-order valence-corrected chi connectivity index (χ3v) is 7.82. The first-order chi connectivity index (χ1) is 17.4. The summed E-state index contributed by atoms with van der Waals surface area (Å²) in [6, 6.07) is 6.45. The number of nitrogens with zero attached hydrogens (tertiary/aromatic N) is 2. The second-order valence-electron chi connectivity index (χ2n) is 10.9. The molecule has 8 heteroatoms. The summed E-state index contributed by atoms with van der Waals surface area (Å²) in [5, 5.41) is 9.58. The van der Waals surface area contributed by atoms with Gasteiger partial charge in [0.15, 0.2) is 0 Å². The largest absolute Gasteiger partial charge is 0.368 e. The van der Waals surface area contributed by atoms with Crippen molar-refractivity contribution < 1.29 is 14.4 Å². The number of carbonyl (C=O) groups excluding carboxylic acids is 3. The van der Waals surface area contributed by atoms with Crippen LogP contribution in [-0.2, 0) is 16.1 Å². The Hall–Kier alpha value is -2.45. The zero-order valence-corrected chi connectivity index (χ0v) is 22.1. The Balaban J connectivity index is 1.52. The van der Waals surface area contributed by atoms with E-state index in [2.05, 4.69) is 47.7 Å². The maximum Gasteiger partial charge on any atom is 0.255 e. The van der Waals surface area contributed by atoms with Crippen molar-refractivity contribution in [3.8, 4) is 0 Å². The summed E-state index contributed by atoms with van der Waals surface area (Å²) in [5.41, 5.74) is 2.85. The number of amides is 3. The molecule has 3 aliphatic rings. The number of hydrogen-bond acceptors (Lipinski definition) is 6. The number of carbonyl (C=O) groups is 3. The van der Waals surface area contributed by atoms with E-state index in [4.69, 9.17) is 0 Å². The Bertz CT molecular complexity index is 941. The number of fused-ring (bicyclic) bond motifs is 1. The van der Waals surface area contributed by atoms with E-state index in [-0.39, 0.29) is 24.1 Å². The van der Waals surface area contributed by atoms with E-state index in [0.717, 1.165) is 69.5 Å². The predicted octanol–water partition coefficient (Wildman–Crippen LogP) is 2.81. The lowest BCUT2D eigenvalue weighted by molar-refractivity contribution is -0.136. The molecule has 0 radical (unpaired) electrons. The van der Waals surface area contributed by atoms with Crippen molar-refractivity contribution in [1.82, 2.24) is 20.9 Å². The van der Waals surface area contributed by atoms with E-state index >= 15 is 0 Å². The fourth-order valence-corrected chi connectivity index (χ4v) is 5.88. The lowest BCUT2D eigenvalue weighted by Crippen LogP contribution is -2.52. The highest BCUT2D eigenvalue weighted by Gasteiger charge is 2.40. The molecule has 1 saturated carbocycles. The van der Waals surface area contributed by atoms with Crippen molar-refractivity contribution in [2.24, 2.45) is 5.92 Å². The number of rotatable bonds is 11. The Morgan fingerprint density at radius 3 is 2.58 bits per heavy atom. The normalized spacial score (nSPS) is 24.3. The Morgan fingerprint density at radius 2 is 1.89 bits per heavy atom. The second kappa shape index (κ2) is 12.2. The minimum absolute atomic E-state index is 0.101. The van der Waals surface area contributed by atoms with Crippen molar-refractivity contribution in [3.05, 3.63) is 29.3 Å². The third-order valence-electron chi connectivity index (χ3n) is 7.82. The van der Waals surface area contributed by atoms with E-state index in [1.807, 2.05) is 12.1 Å². The lowest BCUT2D eigenvalue weighted by atomic mass is 9.89. The molecular formula is C28H43N5O3. The van der Waals surface area contributed by atoms with Gasteiger partial charge in [0.2, 0.25) is 11.8 Å². The smallest absolute Gasteiger partial charge is 0.255 e. The zero-order valence-electron chi connectivity index (χ0n) is 22.1. The van der Waals surface area contributed by atoms with Gasteiger partial charge in [-0.3, -0.25) is 19.7 Å². The summed E-state index contributed by atoms with van der Waals surface area (Å²) in [7, 11) is 0. The molecule has 2 aliphatic heterocycles. The van der Waals surface area contributed by atoms with E-state index in [9.17, 15) is 14.4 Å². The number of hydrogen-bond donors (Lipinski definition) is 3. The first kappa shape index (κ1) is 26.6. The SMILES string of the molecule is CCNCCCN(c1cccc2c1CN(C1CCC(=O)NC1=O)C2=O)C1CCC(NCC(C)C)CC1. The molecule has 2 fully saturated rings. The third kappa shape index (κ3) is 6.09. The molecule has 1 aliphatic carbocycles. The molecule has 3 N–H and O–H groups in total. The van der Waals surface area contributed by atoms with Crippen molar-refractivity contribution in [2.75, 3.05) is 31.1 Å². The van der Waals surface area contributed by atoms with Crippen molar-refractivity contribution in [3.63, 3.8) is 0 Å². The van der Waals surface area contributed by atoms with Gasteiger partial charge in [-0.2, -0.15) is 0 Å². The van der Waals surface area contributed by atoms with Gasteiger partial charge in [0.05, 0.1) is 0 Å². The predicted molar refractivity (Wildman–Crippen MR) is 142 cm³/mol. The average Bonchev–Trinajstić information content (AvgIpc) is 3.20. The highest BCUT2D eigenvalue weighted by atomic mass is 16.2. The maximum atomic E-state index is 13.4. The summed E-state index contributed by atoms with van der Waals surface area (Å²) in [4.78, 5) is 41.8. The van der Waals surface area contributed by atoms with Crippen LogP contribution in [0, 0.1) is 5.92 Å². The van der Waals surface area contributed by atoms with Crippen molar-refractivity contribution in [1.29, 1.82) is 0 Å². The summed E-state index contributed by atoms with van der Waals surface area (Å²) < 4.78 is 0. The Morgan fingerprint density at radius 1 is 1.11 bits per heavy atom. The van der Waals surface area contributed by atoms with Crippen LogP contribution < -0.4 is 20.9 Å². The van der Waals surface area contributed by atoms with Gasteiger partial charge in [-0.1, -0.05) is 26.8 Å². The van der Waals surface area contributed by atoms with E-state index in [1.54, 1.807) is 4.90 Å². The Kier molecular flexibility index (Phi) is 9.01. The van der Waals surface area contributed by atoms with Crippen LogP contribution in [0.2, 0.25) is 0 Å². The molecule has 1 aromatic rings. The fraction of sp³-hybridized carbons (Fsp3) is 0.679. The van der Waals surface area contributed by atoms with Crippen LogP contribution in [0.25, 0.3) is 0 Å². The molecule has 1 atom stereocenters. The number of imide groups is 1. The summed E-state index contributed by atoms with van der Waals surface area (Å²) in [6.45, 7) is 11.0. The average molecular weight is 498 g/mol. The minimum Gasteiger partial charge on any atom is -0.368 e. The molecule has 1 aromatic carbocycles. The lowest BCUT2D eigenvalue weighted by Gasteiger charge is -2.40. The van der Waals surface area contributed by atoms with Crippen molar-refractivity contribution in [2.45, 2.75) is 90.4 Å². The molecule has 36 heavy (non-hydrogen) atoms. The molecule has 4 rings (SSSR count). The van der Waals surface area contributed by atoms with E-state index in [1.165, 1.54) is 0 Å². The molecule has 3 amide bonds. The van der Waals surface area contributed by atoms with Gasteiger partial charge in [-0.15, -0.1) is 0 Å². The number of benzene rings is 1. The van der Waals surface area contributed by atoms with Crippen LogP contribution in [0.15, 0.2) is 18.2 Å². The first-order valence-corrected chi connectivity index (χ1v) is 13.9. The molecule has 8 nitrogen and oxygen atoms in total. The maximum absolute atomic E-state index is 13.4. The minimum atomic E-state index is -0.583. The molecule has 0 spiro atoms. The molecule has 198 valence electrons. The van der Waals surface area contributed by atoms with Gasteiger partial charge in [0.1, 0.15) is 6.04 Å². The van der Waals surface area contributed by atoms with Crippen LogP contribution >= 0.6 is 0 Å². The van der Waals surface area contributed by atoms with Gasteiger partial charge in [0, 0.05) is 48.4 Å². The molecule has 1 unspecified atom stereocenters. The standard InChI is InChI=1S/C28H43N5O3/c1-4-29-15-6-16-32(21-11-9-20(10-12-21)30-17-19(2)3)24-8-5-7-22-23(24)18-33(28(22)36)25-13-14-26(34)31-27(25)35/h5,7-8,19-21,25,29-30H,4,6,9-18H2,1-3H3,(H,31,34,35). The van der Waals surface area contributed by atoms with Gasteiger partial charge < -0.3 is 20.4 Å². The molecule has 0 bridgehead atoms. The molecule has 1 saturated heterocycles. The zero-order chi connectivity index (χ0) is 25.7. The van der Waals surface area contributed by atoms with E-state index in [0.29, 0.717) is 36.5 Å². The van der Waals surface area contributed by atoms with Gasteiger partial charge in [0.25, 0.3) is 5.91 Å². The van der Waals surface area contributed by atoms with E-state index < -0.39 is 6.04 Å². The van der Waals surface area contributed by atoms with Crippen molar-refractivity contribution >= 4 is 23.4 Å². The van der Waals surface area contributed by atoms with Crippen LogP contribution in [-0.4, -0.2) is 66.9 Å². The molecule has 2 heterocycles. The quantitative estimate of drug-likeness (QED) is 0.322. The van der Waals surface area contributed by atoms with Crippen LogP contribution in [0.4, 0.5) is 5.69 Å². The number of nitrogens with one attached hydrogen (secondary N) is 3. The second-order valence-corrected chi connectivity index (χ2v) is 10.9. The Labute approximate surface area is 215 Å². The van der Waals surface area contributed by atoms with Crippen LogP contribution in [0.5, 0.6) is 0 Å². The highest BCUT2D eigenvalue weighted by molar-refractivity contribution is 6.06.